The Balaban J connectivity index is 1.80. The number of halogens is 1. The number of esters is 1. The summed E-state index contributed by atoms with van der Waals surface area (Å²) in [6.45, 7) is 3.91. The van der Waals surface area contributed by atoms with Gasteiger partial charge in [0.1, 0.15) is 11.6 Å². The number of benzene rings is 2. The second kappa shape index (κ2) is 8.30. The number of aryl methyl sites for hydroxylation is 1. The van der Waals surface area contributed by atoms with Gasteiger partial charge in [0.2, 0.25) is 0 Å². The van der Waals surface area contributed by atoms with Gasteiger partial charge >= 0.3 is 5.97 Å². The zero-order chi connectivity index (χ0) is 21.3. The second-order valence-electron chi connectivity index (χ2n) is 7.54. The fourth-order valence-electron chi connectivity index (χ4n) is 4.35. The van der Waals surface area contributed by atoms with Crippen LogP contribution in [-0.4, -0.2) is 30.4 Å². The van der Waals surface area contributed by atoms with E-state index < -0.39 is 5.97 Å². The molecule has 0 bridgehead atoms. The molecule has 2 aromatic rings. The molecule has 1 heterocycles. The summed E-state index contributed by atoms with van der Waals surface area (Å²) in [4.78, 5) is 12.1. The van der Waals surface area contributed by atoms with E-state index >= 15 is 0 Å². The molecule has 0 amide bonds. The summed E-state index contributed by atoms with van der Waals surface area (Å²) >= 11 is 0. The number of nitrogens with zero attached hydrogens (tertiary/aromatic N) is 2. The number of rotatable bonds is 5. The highest BCUT2D eigenvalue weighted by Gasteiger charge is 2.42. The molecular weight excluding hydrogens is 383 g/mol. The average Bonchev–Trinajstić information content (AvgIpc) is 3.13. The molecule has 30 heavy (non-hydrogen) atoms. The van der Waals surface area contributed by atoms with Crippen molar-refractivity contribution >= 4 is 11.7 Å². The molecule has 0 radical (unpaired) electrons. The van der Waals surface area contributed by atoms with Gasteiger partial charge in [0.05, 0.1) is 25.5 Å². The van der Waals surface area contributed by atoms with Crippen molar-refractivity contribution in [3.05, 3.63) is 76.7 Å². The predicted octanol–water partition coefficient (Wildman–Crippen LogP) is 4.62. The fraction of sp³-hybridized carbons (Fsp3) is 0.333. The van der Waals surface area contributed by atoms with E-state index in [2.05, 4.69) is 6.07 Å². The van der Waals surface area contributed by atoms with Crippen LogP contribution in [0.2, 0.25) is 0 Å². The van der Waals surface area contributed by atoms with Gasteiger partial charge in [-0.05, 0) is 62.1 Å². The normalized spacial score (nSPS) is 20.3. The van der Waals surface area contributed by atoms with E-state index in [9.17, 15) is 9.18 Å². The molecule has 0 saturated heterocycles. The summed E-state index contributed by atoms with van der Waals surface area (Å²) in [6, 6.07) is 12.5. The number of ether oxygens (including phenoxy) is 2. The Labute approximate surface area is 175 Å². The van der Waals surface area contributed by atoms with Crippen molar-refractivity contribution in [3.63, 3.8) is 0 Å². The van der Waals surface area contributed by atoms with Gasteiger partial charge in [-0.1, -0.05) is 18.2 Å². The van der Waals surface area contributed by atoms with E-state index in [1.807, 2.05) is 30.1 Å². The first-order valence-corrected chi connectivity index (χ1v) is 10.2. The van der Waals surface area contributed by atoms with Crippen LogP contribution in [0.4, 0.5) is 4.39 Å². The third-order valence-electron chi connectivity index (χ3n) is 5.69. The summed E-state index contributed by atoms with van der Waals surface area (Å²) in [7, 11) is 1.65. The average molecular weight is 408 g/mol. The van der Waals surface area contributed by atoms with Crippen LogP contribution < -0.4 is 4.74 Å². The van der Waals surface area contributed by atoms with Crippen molar-refractivity contribution in [1.82, 2.24) is 5.01 Å². The molecule has 0 saturated carbocycles. The molecule has 0 spiro atoms. The van der Waals surface area contributed by atoms with Gasteiger partial charge in [-0.2, -0.15) is 5.10 Å². The van der Waals surface area contributed by atoms with Crippen LogP contribution in [0.5, 0.6) is 5.75 Å². The van der Waals surface area contributed by atoms with E-state index in [4.69, 9.17) is 14.6 Å². The van der Waals surface area contributed by atoms with Crippen molar-refractivity contribution in [2.24, 2.45) is 11.0 Å². The van der Waals surface area contributed by atoms with Crippen LogP contribution in [0.3, 0.4) is 0 Å². The SMILES string of the molecule is CCOC(=O)C=C(C)N1N=C2c3cc(OC)ccc3CCC2C1c1cccc(F)c1. The van der Waals surface area contributed by atoms with Gasteiger partial charge in [0.25, 0.3) is 0 Å². The largest absolute Gasteiger partial charge is 0.497 e. The Hall–Kier alpha value is -3.15. The third-order valence-corrected chi connectivity index (χ3v) is 5.69. The van der Waals surface area contributed by atoms with Gasteiger partial charge in [-0.15, -0.1) is 0 Å². The molecule has 0 N–H and O–H groups in total. The third kappa shape index (κ3) is 3.70. The van der Waals surface area contributed by atoms with Crippen LogP contribution in [0.15, 0.2) is 59.3 Å². The van der Waals surface area contributed by atoms with Crippen LogP contribution in [-0.2, 0) is 16.0 Å². The summed E-state index contributed by atoms with van der Waals surface area (Å²) in [5.74, 6) is 0.157. The zero-order valence-corrected chi connectivity index (χ0v) is 17.4. The number of hydrogen-bond donors (Lipinski definition) is 0. The lowest BCUT2D eigenvalue weighted by molar-refractivity contribution is -0.137. The summed E-state index contributed by atoms with van der Waals surface area (Å²) in [5.41, 5.74) is 4.72. The Kier molecular flexibility index (Phi) is 5.57. The number of allylic oxidation sites excluding steroid dienone is 1. The Morgan fingerprint density at radius 1 is 1.30 bits per heavy atom. The number of hydrazone groups is 1. The molecule has 2 aromatic carbocycles. The second-order valence-corrected chi connectivity index (χ2v) is 7.54. The van der Waals surface area contributed by atoms with Gasteiger partial charge in [0.15, 0.2) is 0 Å². The standard InChI is InChI=1S/C24H25FN2O3/c1-4-30-22(28)12-15(2)27-24(17-6-5-7-18(25)13-17)20-11-9-16-8-10-19(29-3)14-21(16)23(20)26-27/h5-8,10,12-14,20,24H,4,9,11H2,1-3H3. The first-order valence-electron chi connectivity index (χ1n) is 10.2. The molecule has 2 atom stereocenters. The lowest BCUT2D eigenvalue weighted by atomic mass is 9.77. The zero-order valence-electron chi connectivity index (χ0n) is 17.4. The van der Waals surface area contributed by atoms with Crippen LogP contribution in [0, 0.1) is 11.7 Å². The number of carbonyl (C=O) groups excluding carboxylic acids is 1. The van der Waals surface area contributed by atoms with E-state index in [1.54, 1.807) is 26.2 Å². The maximum atomic E-state index is 14.1. The Morgan fingerprint density at radius 3 is 2.87 bits per heavy atom. The van der Waals surface area contributed by atoms with Crippen LogP contribution in [0.1, 0.15) is 43.0 Å². The van der Waals surface area contributed by atoms with E-state index in [-0.39, 0.29) is 17.8 Å². The number of hydrogen-bond acceptors (Lipinski definition) is 5. The predicted molar refractivity (Wildman–Crippen MR) is 113 cm³/mol. The first kappa shape index (κ1) is 20.1. The molecule has 1 aliphatic heterocycles. The molecule has 0 aromatic heterocycles. The molecule has 1 aliphatic carbocycles. The molecule has 2 unspecified atom stereocenters. The maximum Gasteiger partial charge on any atom is 0.332 e. The quantitative estimate of drug-likeness (QED) is 0.535. The van der Waals surface area contributed by atoms with E-state index in [0.29, 0.717) is 12.3 Å². The Morgan fingerprint density at radius 2 is 2.13 bits per heavy atom. The lowest BCUT2D eigenvalue weighted by Crippen LogP contribution is -2.28. The van der Waals surface area contributed by atoms with Gasteiger partial charge in [-0.3, -0.25) is 5.01 Å². The van der Waals surface area contributed by atoms with Gasteiger partial charge < -0.3 is 9.47 Å². The van der Waals surface area contributed by atoms with E-state index in [0.717, 1.165) is 35.4 Å². The van der Waals surface area contributed by atoms with Crippen molar-refractivity contribution in [2.45, 2.75) is 32.7 Å². The summed E-state index contributed by atoms with van der Waals surface area (Å²) < 4.78 is 24.5. The molecule has 6 heteroatoms. The molecule has 4 rings (SSSR count). The molecule has 156 valence electrons. The van der Waals surface area contributed by atoms with Crippen molar-refractivity contribution < 1.29 is 18.7 Å². The Bertz CT molecular complexity index is 1030. The van der Waals surface area contributed by atoms with Gasteiger partial charge in [0, 0.05) is 23.3 Å². The number of methoxy groups -OCH3 is 1. The minimum absolute atomic E-state index is 0.0805. The van der Waals surface area contributed by atoms with E-state index in [1.165, 1.54) is 17.7 Å². The minimum atomic E-state index is -0.412. The van der Waals surface area contributed by atoms with Gasteiger partial charge in [-0.25, -0.2) is 9.18 Å². The molecule has 0 fully saturated rings. The lowest BCUT2D eigenvalue weighted by Gasteiger charge is -2.31. The highest BCUT2D eigenvalue weighted by atomic mass is 19.1. The highest BCUT2D eigenvalue weighted by molar-refractivity contribution is 6.06. The minimum Gasteiger partial charge on any atom is -0.497 e. The number of fused-ring (bicyclic) bond motifs is 3. The maximum absolute atomic E-state index is 14.1. The van der Waals surface area contributed by atoms with Crippen LogP contribution in [0.25, 0.3) is 0 Å². The molecule has 2 aliphatic rings. The topological polar surface area (TPSA) is 51.1 Å². The molecule has 5 nitrogen and oxygen atoms in total. The smallest absolute Gasteiger partial charge is 0.332 e. The first-order chi connectivity index (χ1) is 14.5. The molecular formula is C24H25FN2O3. The summed E-state index contributed by atoms with van der Waals surface area (Å²) in [6.07, 6.45) is 3.25. The van der Waals surface area contributed by atoms with Crippen molar-refractivity contribution in [3.8, 4) is 5.75 Å². The fourth-order valence-corrected chi connectivity index (χ4v) is 4.35. The van der Waals surface area contributed by atoms with Crippen LogP contribution >= 0.6 is 0 Å². The summed E-state index contributed by atoms with van der Waals surface area (Å²) in [5, 5.41) is 6.76. The monoisotopic (exact) mass is 408 g/mol. The van der Waals surface area contributed by atoms with Crippen molar-refractivity contribution in [1.29, 1.82) is 0 Å². The highest BCUT2D eigenvalue weighted by Crippen LogP contribution is 2.45. The van der Waals surface area contributed by atoms with Crippen molar-refractivity contribution in [2.75, 3.05) is 13.7 Å². The number of carbonyl (C=O) groups is 1.